The molecule has 3 amide bonds. The van der Waals surface area contributed by atoms with Crippen LogP contribution in [0.15, 0.2) is 60.0 Å². The standard InChI is InChI=1S/C24H23N3O3S/c1-16-15-17(11-12-19(16)27-13-5-10-22(27)28)25-23(29)18-7-3-4-8-20(18)26(2)24(30)21-9-6-14-31-21/h3-4,6-9,11-12,14-15H,5,10,13H2,1-2H3,(H,25,29). The van der Waals surface area contributed by atoms with Crippen LogP contribution in [-0.2, 0) is 4.79 Å². The largest absolute Gasteiger partial charge is 0.322 e. The first-order chi connectivity index (χ1) is 15.0. The fourth-order valence-electron chi connectivity index (χ4n) is 3.77. The molecule has 0 aliphatic carbocycles. The third-order valence-electron chi connectivity index (χ3n) is 5.37. The fraction of sp³-hybridized carbons (Fsp3) is 0.208. The number of nitrogens with one attached hydrogen (secondary N) is 1. The van der Waals surface area contributed by atoms with Crippen LogP contribution >= 0.6 is 11.3 Å². The maximum atomic E-state index is 13.0. The van der Waals surface area contributed by atoms with Gasteiger partial charge in [0.15, 0.2) is 0 Å². The molecule has 31 heavy (non-hydrogen) atoms. The molecule has 0 radical (unpaired) electrons. The number of hydrogen-bond donors (Lipinski definition) is 1. The van der Waals surface area contributed by atoms with E-state index < -0.39 is 0 Å². The predicted molar refractivity (Wildman–Crippen MR) is 124 cm³/mol. The molecule has 7 heteroatoms. The number of thiophene rings is 1. The van der Waals surface area contributed by atoms with E-state index in [4.69, 9.17) is 0 Å². The third-order valence-corrected chi connectivity index (χ3v) is 6.22. The van der Waals surface area contributed by atoms with Crippen LogP contribution in [0.25, 0.3) is 0 Å². The molecule has 0 unspecified atom stereocenters. The number of para-hydroxylation sites is 1. The molecule has 4 rings (SSSR count). The van der Waals surface area contributed by atoms with E-state index in [9.17, 15) is 14.4 Å². The van der Waals surface area contributed by atoms with Crippen molar-refractivity contribution >= 4 is 46.1 Å². The average molecular weight is 434 g/mol. The summed E-state index contributed by atoms with van der Waals surface area (Å²) >= 11 is 1.36. The van der Waals surface area contributed by atoms with Crippen molar-refractivity contribution in [1.82, 2.24) is 0 Å². The van der Waals surface area contributed by atoms with Crippen LogP contribution in [0, 0.1) is 6.92 Å². The lowest BCUT2D eigenvalue weighted by Gasteiger charge is -2.21. The Bertz CT molecular complexity index is 1140. The maximum Gasteiger partial charge on any atom is 0.268 e. The van der Waals surface area contributed by atoms with Gasteiger partial charge in [0.2, 0.25) is 5.91 Å². The van der Waals surface area contributed by atoms with Crippen molar-refractivity contribution in [2.24, 2.45) is 0 Å². The zero-order chi connectivity index (χ0) is 22.0. The normalized spacial score (nSPS) is 13.4. The van der Waals surface area contributed by atoms with E-state index in [1.165, 1.54) is 16.2 Å². The van der Waals surface area contributed by atoms with Gasteiger partial charge >= 0.3 is 0 Å². The highest BCUT2D eigenvalue weighted by Gasteiger charge is 2.24. The van der Waals surface area contributed by atoms with Crippen molar-refractivity contribution in [3.05, 3.63) is 76.0 Å². The summed E-state index contributed by atoms with van der Waals surface area (Å²) in [5, 5.41) is 4.77. The lowest BCUT2D eigenvalue weighted by Crippen LogP contribution is -2.28. The summed E-state index contributed by atoms with van der Waals surface area (Å²) in [5.74, 6) is -0.330. The number of carbonyl (C=O) groups is 3. The van der Waals surface area contributed by atoms with Gasteiger partial charge in [-0.1, -0.05) is 18.2 Å². The van der Waals surface area contributed by atoms with Gasteiger partial charge in [0, 0.05) is 31.4 Å². The summed E-state index contributed by atoms with van der Waals surface area (Å²) in [6.07, 6.45) is 1.44. The molecule has 1 aliphatic heterocycles. The highest BCUT2D eigenvalue weighted by Crippen LogP contribution is 2.28. The minimum absolute atomic E-state index is 0.132. The number of aryl methyl sites for hydroxylation is 1. The van der Waals surface area contributed by atoms with E-state index in [1.54, 1.807) is 48.3 Å². The van der Waals surface area contributed by atoms with Crippen LogP contribution in [-0.4, -0.2) is 31.3 Å². The first-order valence-electron chi connectivity index (χ1n) is 10.1. The molecule has 1 saturated heterocycles. The first-order valence-corrected chi connectivity index (χ1v) is 11.0. The molecule has 1 aromatic heterocycles. The number of carbonyl (C=O) groups excluding carboxylic acids is 3. The zero-order valence-corrected chi connectivity index (χ0v) is 18.2. The second-order valence-corrected chi connectivity index (χ2v) is 8.41. The van der Waals surface area contributed by atoms with Gasteiger partial charge in [0.1, 0.15) is 0 Å². The molecule has 2 aromatic carbocycles. The molecule has 6 nitrogen and oxygen atoms in total. The van der Waals surface area contributed by atoms with Gasteiger partial charge < -0.3 is 15.1 Å². The summed E-state index contributed by atoms with van der Waals surface area (Å²) in [7, 11) is 1.67. The lowest BCUT2D eigenvalue weighted by atomic mass is 10.1. The summed E-state index contributed by atoms with van der Waals surface area (Å²) in [5.41, 5.74) is 3.38. The van der Waals surface area contributed by atoms with E-state index in [-0.39, 0.29) is 17.7 Å². The third kappa shape index (κ3) is 4.22. The summed E-state index contributed by atoms with van der Waals surface area (Å²) in [6, 6.07) is 16.2. The Balaban J connectivity index is 1.55. The minimum atomic E-state index is -0.300. The molecule has 0 spiro atoms. The lowest BCUT2D eigenvalue weighted by molar-refractivity contribution is -0.117. The van der Waals surface area contributed by atoms with Gasteiger partial charge in [0.25, 0.3) is 11.8 Å². The molecule has 1 aliphatic rings. The van der Waals surface area contributed by atoms with Gasteiger partial charge in [0.05, 0.1) is 16.1 Å². The second-order valence-electron chi connectivity index (χ2n) is 7.46. The molecule has 1 fully saturated rings. The second kappa shape index (κ2) is 8.73. The van der Waals surface area contributed by atoms with E-state index in [0.29, 0.717) is 28.2 Å². The van der Waals surface area contributed by atoms with Gasteiger partial charge in [-0.3, -0.25) is 14.4 Å². The molecule has 158 valence electrons. The molecule has 0 saturated carbocycles. The van der Waals surface area contributed by atoms with Crippen molar-refractivity contribution in [2.75, 3.05) is 28.7 Å². The van der Waals surface area contributed by atoms with Crippen LogP contribution in [0.4, 0.5) is 17.1 Å². The number of amides is 3. The summed E-state index contributed by atoms with van der Waals surface area (Å²) < 4.78 is 0. The highest BCUT2D eigenvalue weighted by molar-refractivity contribution is 7.12. The van der Waals surface area contributed by atoms with Crippen LogP contribution in [0.2, 0.25) is 0 Å². The molecular formula is C24H23N3O3S. The van der Waals surface area contributed by atoms with Crippen molar-refractivity contribution in [1.29, 1.82) is 0 Å². The Hall–Kier alpha value is -3.45. The SMILES string of the molecule is Cc1cc(NC(=O)c2ccccc2N(C)C(=O)c2cccs2)ccc1N1CCCC1=O. The van der Waals surface area contributed by atoms with Crippen molar-refractivity contribution < 1.29 is 14.4 Å². The first kappa shape index (κ1) is 20.8. The Morgan fingerprint density at radius 2 is 1.90 bits per heavy atom. The molecule has 2 heterocycles. The molecule has 0 atom stereocenters. The number of rotatable bonds is 5. The van der Waals surface area contributed by atoms with E-state index in [0.717, 1.165) is 24.2 Å². The summed E-state index contributed by atoms with van der Waals surface area (Å²) in [6.45, 7) is 2.65. The van der Waals surface area contributed by atoms with Crippen LogP contribution in [0.3, 0.4) is 0 Å². The number of nitrogens with zero attached hydrogens (tertiary/aromatic N) is 2. The molecular weight excluding hydrogens is 410 g/mol. The molecule has 3 aromatic rings. The fourth-order valence-corrected chi connectivity index (χ4v) is 4.47. The Morgan fingerprint density at radius 3 is 2.58 bits per heavy atom. The maximum absolute atomic E-state index is 13.0. The highest BCUT2D eigenvalue weighted by atomic mass is 32.1. The summed E-state index contributed by atoms with van der Waals surface area (Å²) in [4.78, 5) is 41.7. The van der Waals surface area contributed by atoms with Gasteiger partial charge in [-0.2, -0.15) is 0 Å². The smallest absolute Gasteiger partial charge is 0.268 e. The molecule has 0 bridgehead atoms. The molecule has 1 N–H and O–H groups in total. The van der Waals surface area contributed by atoms with Crippen LogP contribution in [0.5, 0.6) is 0 Å². The predicted octanol–water partition coefficient (Wildman–Crippen LogP) is 4.71. The number of benzene rings is 2. The van der Waals surface area contributed by atoms with Crippen LogP contribution in [0.1, 0.15) is 38.4 Å². The topological polar surface area (TPSA) is 69.7 Å². The Morgan fingerprint density at radius 1 is 1.10 bits per heavy atom. The van der Waals surface area contributed by atoms with Crippen LogP contribution < -0.4 is 15.1 Å². The van der Waals surface area contributed by atoms with Gasteiger partial charge in [-0.05, 0) is 60.7 Å². The quantitative estimate of drug-likeness (QED) is 0.633. The number of anilines is 3. The van der Waals surface area contributed by atoms with Crippen molar-refractivity contribution in [2.45, 2.75) is 19.8 Å². The van der Waals surface area contributed by atoms with E-state index >= 15 is 0 Å². The van der Waals surface area contributed by atoms with Crippen molar-refractivity contribution in [3.63, 3.8) is 0 Å². The van der Waals surface area contributed by atoms with E-state index in [2.05, 4.69) is 5.32 Å². The van der Waals surface area contributed by atoms with E-state index in [1.807, 2.05) is 30.5 Å². The average Bonchev–Trinajstić information content (AvgIpc) is 3.45. The Labute approximate surface area is 185 Å². The Kier molecular flexibility index (Phi) is 5.86. The number of hydrogen-bond acceptors (Lipinski definition) is 4. The monoisotopic (exact) mass is 433 g/mol. The van der Waals surface area contributed by atoms with Crippen molar-refractivity contribution in [3.8, 4) is 0 Å². The zero-order valence-electron chi connectivity index (χ0n) is 17.4. The minimum Gasteiger partial charge on any atom is -0.322 e. The van der Waals surface area contributed by atoms with Gasteiger partial charge in [-0.25, -0.2) is 0 Å². The van der Waals surface area contributed by atoms with Gasteiger partial charge in [-0.15, -0.1) is 11.3 Å².